The Morgan fingerprint density at radius 3 is 2.14 bits per heavy atom. The Hall–Kier alpha value is -2.93. The Labute approximate surface area is 174 Å². The minimum Gasteiger partial charge on any atom is -0.256 e. The summed E-state index contributed by atoms with van der Waals surface area (Å²) < 4.78 is 0. The van der Waals surface area contributed by atoms with Crippen molar-refractivity contribution in [2.75, 3.05) is 0 Å². The third kappa shape index (κ3) is 3.96. The van der Waals surface area contributed by atoms with E-state index in [2.05, 4.69) is 107 Å². The maximum atomic E-state index is 4.80. The number of rotatable bonds is 3. The number of pyridine rings is 1. The standard InChI is InChI=1S/C28H29N/c1-19(2)22-15-23(20-9-7-6-8-10-20)17-24(16-22)27-26-12-11-25(28(3,4)5)18-21(26)13-14-29-27/h6-19H,1-5H3. The van der Waals surface area contributed by atoms with E-state index in [0.717, 1.165) is 5.69 Å². The summed E-state index contributed by atoms with van der Waals surface area (Å²) in [5.41, 5.74) is 7.56. The van der Waals surface area contributed by atoms with Crippen molar-refractivity contribution < 1.29 is 0 Å². The van der Waals surface area contributed by atoms with E-state index in [1.807, 2.05) is 6.20 Å². The van der Waals surface area contributed by atoms with Gasteiger partial charge in [-0.1, -0.05) is 89.2 Å². The van der Waals surface area contributed by atoms with E-state index in [9.17, 15) is 0 Å². The van der Waals surface area contributed by atoms with Crippen LogP contribution in [0.5, 0.6) is 0 Å². The van der Waals surface area contributed by atoms with Crippen LogP contribution in [0.3, 0.4) is 0 Å². The molecule has 0 aliphatic carbocycles. The first kappa shape index (κ1) is 19.4. The second-order valence-corrected chi connectivity index (χ2v) is 9.21. The van der Waals surface area contributed by atoms with E-state index in [4.69, 9.17) is 4.98 Å². The van der Waals surface area contributed by atoms with Gasteiger partial charge in [-0.25, -0.2) is 0 Å². The summed E-state index contributed by atoms with van der Waals surface area (Å²) in [6.45, 7) is 11.3. The monoisotopic (exact) mass is 379 g/mol. The van der Waals surface area contributed by atoms with Crippen LogP contribution < -0.4 is 0 Å². The molecule has 0 aliphatic heterocycles. The lowest BCUT2D eigenvalue weighted by Crippen LogP contribution is -2.10. The molecule has 1 nitrogen and oxygen atoms in total. The summed E-state index contributed by atoms with van der Waals surface area (Å²) >= 11 is 0. The predicted molar refractivity (Wildman–Crippen MR) is 125 cm³/mol. The van der Waals surface area contributed by atoms with Crippen LogP contribution in [0.15, 0.2) is 79.0 Å². The van der Waals surface area contributed by atoms with Crippen molar-refractivity contribution in [1.82, 2.24) is 4.98 Å². The quantitative estimate of drug-likeness (QED) is 0.351. The Kier molecular flexibility index (Phi) is 5.00. The number of hydrogen-bond acceptors (Lipinski definition) is 1. The van der Waals surface area contributed by atoms with Gasteiger partial charge in [-0.05, 0) is 57.2 Å². The summed E-state index contributed by atoms with van der Waals surface area (Å²) in [6.07, 6.45) is 1.94. The third-order valence-electron chi connectivity index (χ3n) is 5.63. The molecule has 0 spiro atoms. The van der Waals surface area contributed by atoms with Gasteiger partial charge in [-0.15, -0.1) is 0 Å². The number of nitrogens with zero attached hydrogens (tertiary/aromatic N) is 1. The third-order valence-corrected chi connectivity index (χ3v) is 5.63. The van der Waals surface area contributed by atoms with Crippen LogP contribution in [0.25, 0.3) is 33.2 Å². The molecule has 0 fully saturated rings. The highest BCUT2D eigenvalue weighted by Crippen LogP contribution is 2.35. The van der Waals surface area contributed by atoms with Crippen molar-refractivity contribution in [3.05, 3.63) is 90.1 Å². The summed E-state index contributed by atoms with van der Waals surface area (Å²) in [4.78, 5) is 4.80. The van der Waals surface area contributed by atoms with E-state index < -0.39 is 0 Å². The maximum absolute atomic E-state index is 4.80. The van der Waals surface area contributed by atoms with Gasteiger partial charge in [0.2, 0.25) is 0 Å². The molecule has 4 rings (SSSR count). The fourth-order valence-electron chi connectivity index (χ4n) is 3.79. The molecule has 0 saturated heterocycles. The van der Waals surface area contributed by atoms with Crippen LogP contribution in [0, 0.1) is 0 Å². The lowest BCUT2D eigenvalue weighted by molar-refractivity contribution is 0.591. The molecule has 1 heterocycles. The lowest BCUT2D eigenvalue weighted by Gasteiger charge is -2.20. The molecular formula is C28H29N. The highest BCUT2D eigenvalue weighted by atomic mass is 14.7. The molecule has 0 N–H and O–H groups in total. The Morgan fingerprint density at radius 2 is 1.45 bits per heavy atom. The minimum atomic E-state index is 0.135. The smallest absolute Gasteiger partial charge is 0.0780 e. The first-order valence-electron chi connectivity index (χ1n) is 10.4. The summed E-state index contributed by atoms with van der Waals surface area (Å²) in [5, 5.41) is 2.46. The van der Waals surface area contributed by atoms with E-state index in [0.29, 0.717) is 5.92 Å². The van der Waals surface area contributed by atoms with Gasteiger partial charge in [-0.3, -0.25) is 4.98 Å². The zero-order valence-electron chi connectivity index (χ0n) is 18.0. The van der Waals surface area contributed by atoms with Gasteiger partial charge < -0.3 is 0 Å². The van der Waals surface area contributed by atoms with Crippen molar-refractivity contribution in [2.45, 2.75) is 46.0 Å². The molecule has 0 saturated carbocycles. The molecule has 0 aliphatic rings. The van der Waals surface area contributed by atoms with Crippen molar-refractivity contribution in [3.63, 3.8) is 0 Å². The van der Waals surface area contributed by atoms with Crippen molar-refractivity contribution in [2.24, 2.45) is 0 Å². The molecule has 0 radical (unpaired) electrons. The SMILES string of the molecule is CC(C)c1cc(-c2ccccc2)cc(-c2nccc3cc(C(C)(C)C)ccc23)c1. The van der Waals surface area contributed by atoms with E-state index >= 15 is 0 Å². The number of fused-ring (bicyclic) bond motifs is 1. The molecule has 0 bridgehead atoms. The highest BCUT2D eigenvalue weighted by Gasteiger charge is 2.16. The van der Waals surface area contributed by atoms with Crippen LogP contribution in [-0.2, 0) is 5.41 Å². The molecule has 1 aromatic heterocycles. The zero-order chi connectivity index (χ0) is 20.6. The minimum absolute atomic E-state index is 0.135. The molecular weight excluding hydrogens is 350 g/mol. The topological polar surface area (TPSA) is 12.9 Å². The fraction of sp³-hybridized carbons (Fsp3) is 0.250. The Balaban J connectivity index is 1.92. The van der Waals surface area contributed by atoms with Crippen LogP contribution in [0.2, 0.25) is 0 Å². The second kappa shape index (κ2) is 7.48. The average Bonchev–Trinajstić information content (AvgIpc) is 2.72. The van der Waals surface area contributed by atoms with E-state index in [1.165, 1.54) is 38.6 Å². The molecule has 0 amide bonds. The van der Waals surface area contributed by atoms with Gasteiger partial charge in [0.15, 0.2) is 0 Å². The van der Waals surface area contributed by atoms with Gasteiger partial charge in [0.05, 0.1) is 5.69 Å². The van der Waals surface area contributed by atoms with Crippen LogP contribution in [-0.4, -0.2) is 4.98 Å². The van der Waals surface area contributed by atoms with Gasteiger partial charge >= 0.3 is 0 Å². The number of aromatic nitrogens is 1. The first-order chi connectivity index (χ1) is 13.8. The van der Waals surface area contributed by atoms with Crippen LogP contribution in [0.1, 0.15) is 51.7 Å². The molecule has 4 aromatic rings. The molecule has 1 heteroatoms. The van der Waals surface area contributed by atoms with Crippen LogP contribution >= 0.6 is 0 Å². The lowest BCUT2D eigenvalue weighted by atomic mass is 9.85. The molecule has 146 valence electrons. The fourth-order valence-corrected chi connectivity index (χ4v) is 3.79. The molecule has 0 atom stereocenters. The van der Waals surface area contributed by atoms with Crippen molar-refractivity contribution in [1.29, 1.82) is 0 Å². The van der Waals surface area contributed by atoms with Crippen molar-refractivity contribution in [3.8, 4) is 22.4 Å². The normalized spacial score (nSPS) is 11.9. The summed E-state index contributed by atoms with van der Waals surface area (Å²) in [7, 11) is 0. The maximum Gasteiger partial charge on any atom is 0.0780 e. The number of benzene rings is 3. The second-order valence-electron chi connectivity index (χ2n) is 9.21. The Bertz CT molecular complexity index is 1150. The van der Waals surface area contributed by atoms with E-state index in [-0.39, 0.29) is 5.41 Å². The first-order valence-corrected chi connectivity index (χ1v) is 10.4. The van der Waals surface area contributed by atoms with E-state index in [1.54, 1.807) is 0 Å². The number of hydrogen-bond donors (Lipinski definition) is 0. The van der Waals surface area contributed by atoms with Crippen LogP contribution in [0.4, 0.5) is 0 Å². The van der Waals surface area contributed by atoms with Gasteiger partial charge in [0.25, 0.3) is 0 Å². The summed E-state index contributed by atoms with van der Waals surface area (Å²) in [6, 6.07) is 26.4. The largest absolute Gasteiger partial charge is 0.256 e. The van der Waals surface area contributed by atoms with Gasteiger partial charge in [0.1, 0.15) is 0 Å². The summed E-state index contributed by atoms with van der Waals surface area (Å²) in [5.74, 6) is 0.458. The predicted octanol–water partition coefficient (Wildman–Crippen LogP) is 7.99. The zero-order valence-corrected chi connectivity index (χ0v) is 18.0. The highest BCUT2D eigenvalue weighted by molar-refractivity contribution is 5.95. The average molecular weight is 380 g/mol. The Morgan fingerprint density at radius 1 is 0.724 bits per heavy atom. The van der Waals surface area contributed by atoms with Gasteiger partial charge in [-0.2, -0.15) is 0 Å². The molecule has 0 unspecified atom stereocenters. The molecule has 3 aromatic carbocycles. The molecule has 29 heavy (non-hydrogen) atoms. The van der Waals surface area contributed by atoms with Gasteiger partial charge in [0, 0.05) is 17.1 Å². The van der Waals surface area contributed by atoms with Crippen molar-refractivity contribution >= 4 is 10.8 Å².